The van der Waals surface area contributed by atoms with Gasteiger partial charge in [0.05, 0.1) is 10.6 Å². The topological polar surface area (TPSA) is 32.3 Å². The van der Waals surface area contributed by atoms with Crippen LogP contribution < -0.4 is 5.32 Å². The lowest BCUT2D eigenvalue weighted by Gasteiger charge is -2.45. The summed E-state index contributed by atoms with van der Waals surface area (Å²) >= 11 is 6.33. The van der Waals surface area contributed by atoms with Gasteiger partial charge in [-0.25, -0.2) is 0 Å². The molecule has 0 aromatic heterocycles. The van der Waals surface area contributed by atoms with Crippen LogP contribution in [0.3, 0.4) is 0 Å². The van der Waals surface area contributed by atoms with Gasteiger partial charge in [0, 0.05) is 6.54 Å². The third-order valence-corrected chi connectivity index (χ3v) is 6.66. The van der Waals surface area contributed by atoms with Crippen molar-refractivity contribution in [2.45, 2.75) is 57.8 Å². The molecule has 0 heterocycles. The average molecular weight is 391 g/mol. The number of hydrogen-bond donors (Lipinski definition) is 1. The number of carbonyl (C=O) groups excluding carboxylic acids is 1. The third-order valence-electron chi connectivity index (χ3n) is 6.33. The van der Waals surface area contributed by atoms with Gasteiger partial charge in [0.25, 0.3) is 5.91 Å². The van der Waals surface area contributed by atoms with Crippen molar-refractivity contribution in [2.24, 2.45) is 11.3 Å². The van der Waals surface area contributed by atoms with Gasteiger partial charge in [0.1, 0.15) is 0 Å². The highest BCUT2D eigenvalue weighted by atomic mass is 35.5. The molecule has 1 aromatic rings. The maximum absolute atomic E-state index is 12.8. The first kappa shape index (κ1) is 22.2. The number of fused-ring (bicyclic) bond motifs is 2. The number of aryl methyl sites for hydroxylation is 1. The van der Waals surface area contributed by atoms with Crippen LogP contribution in [0.25, 0.3) is 0 Å². The van der Waals surface area contributed by atoms with Crippen molar-refractivity contribution in [3.05, 3.63) is 41.8 Å². The van der Waals surface area contributed by atoms with E-state index in [1.807, 2.05) is 18.2 Å². The fourth-order valence-corrected chi connectivity index (χ4v) is 5.14. The van der Waals surface area contributed by atoms with Crippen molar-refractivity contribution in [3.8, 4) is 0 Å². The van der Waals surface area contributed by atoms with E-state index in [4.69, 9.17) is 11.6 Å². The summed E-state index contributed by atoms with van der Waals surface area (Å²) in [7, 11) is 4.17. The number of carbonyl (C=O) groups is 1. The minimum atomic E-state index is -0.00784. The molecule has 27 heavy (non-hydrogen) atoms. The average Bonchev–Trinajstić information content (AvgIpc) is 2.61. The molecule has 1 N–H and O–H groups in total. The predicted molar refractivity (Wildman–Crippen MR) is 114 cm³/mol. The van der Waals surface area contributed by atoms with E-state index in [1.165, 1.54) is 50.5 Å². The van der Waals surface area contributed by atoms with Crippen molar-refractivity contribution in [1.82, 2.24) is 10.2 Å². The maximum atomic E-state index is 12.8. The zero-order chi connectivity index (χ0) is 18.6. The van der Waals surface area contributed by atoms with Gasteiger partial charge in [-0.3, -0.25) is 4.79 Å². The van der Waals surface area contributed by atoms with E-state index in [0.29, 0.717) is 16.0 Å². The minimum Gasteiger partial charge on any atom is -0.351 e. The number of amides is 1. The van der Waals surface area contributed by atoms with Gasteiger partial charge in [-0.05, 0) is 81.8 Å². The molecule has 0 unspecified atom stereocenters. The molecule has 2 aliphatic carbocycles. The molecule has 0 aliphatic heterocycles. The van der Waals surface area contributed by atoms with Crippen LogP contribution in [0.1, 0.15) is 67.3 Å². The summed E-state index contributed by atoms with van der Waals surface area (Å²) in [4.78, 5) is 15.0. The van der Waals surface area contributed by atoms with E-state index in [1.54, 1.807) is 0 Å². The van der Waals surface area contributed by atoms with Gasteiger partial charge in [-0.2, -0.15) is 0 Å². The summed E-state index contributed by atoms with van der Waals surface area (Å²) < 4.78 is 0. The Labute approximate surface area is 170 Å². The number of nitrogens with zero attached hydrogens (tertiary/aromatic N) is 1. The molecule has 2 saturated carbocycles. The first-order valence-electron chi connectivity index (χ1n) is 10.2. The first-order valence-corrected chi connectivity index (χ1v) is 10.6. The lowest BCUT2D eigenvalue weighted by molar-refractivity contribution is 0.0681. The van der Waals surface area contributed by atoms with Crippen molar-refractivity contribution in [1.29, 1.82) is 0 Å². The summed E-state index contributed by atoms with van der Waals surface area (Å²) in [5, 5.41) is 3.78. The summed E-state index contributed by atoms with van der Waals surface area (Å²) in [6, 6.07) is 5.90. The molecular formula is C23H35ClN2O. The standard InChI is InChI=1S/C22H33ClN2O.CH2/c1-25(2)13-5-8-17-9-10-20(23)19(14-17)21(26)24-16-22-11-3-6-18(15-22)7-4-12-22;/h9-10,14,18H,3-8,11-13,15-16H2,1-2H3,(H,24,26);1H2. The van der Waals surface area contributed by atoms with Crippen LogP contribution in [0.15, 0.2) is 18.2 Å². The molecule has 2 radical (unpaired) electrons. The number of nitrogens with one attached hydrogen (secondary N) is 1. The molecule has 3 nitrogen and oxygen atoms in total. The number of benzene rings is 1. The van der Waals surface area contributed by atoms with E-state index in [-0.39, 0.29) is 13.3 Å². The third kappa shape index (κ3) is 5.96. The lowest BCUT2D eigenvalue weighted by Crippen LogP contribution is -2.43. The SMILES string of the molecule is CN(C)CCCc1ccc(Cl)c(C(=O)NCC23CCCC(CCC2)C3)c1.[CH2]. The Kier molecular flexibility index (Phi) is 8.18. The van der Waals surface area contributed by atoms with Crippen molar-refractivity contribution < 1.29 is 4.79 Å². The second-order valence-electron chi connectivity index (χ2n) is 8.76. The molecule has 0 saturated heterocycles. The van der Waals surface area contributed by atoms with E-state index in [2.05, 4.69) is 24.3 Å². The molecule has 3 rings (SSSR count). The molecule has 1 aromatic carbocycles. The van der Waals surface area contributed by atoms with Gasteiger partial charge < -0.3 is 10.2 Å². The smallest absolute Gasteiger partial charge is 0.252 e. The largest absolute Gasteiger partial charge is 0.351 e. The monoisotopic (exact) mass is 390 g/mol. The number of hydrogen-bond acceptors (Lipinski definition) is 2. The van der Waals surface area contributed by atoms with Crippen molar-refractivity contribution in [3.63, 3.8) is 0 Å². The Morgan fingerprint density at radius 2 is 1.96 bits per heavy atom. The Bertz CT molecular complexity index is 619. The second-order valence-corrected chi connectivity index (χ2v) is 9.17. The van der Waals surface area contributed by atoms with Gasteiger partial charge in [-0.1, -0.05) is 50.8 Å². The zero-order valence-electron chi connectivity index (χ0n) is 17.0. The Morgan fingerprint density at radius 1 is 1.26 bits per heavy atom. The summed E-state index contributed by atoms with van der Waals surface area (Å²) in [5.41, 5.74) is 2.16. The molecule has 150 valence electrons. The van der Waals surface area contributed by atoms with Crippen LogP contribution in [0.2, 0.25) is 5.02 Å². The molecule has 0 atom stereocenters. The summed E-state index contributed by atoms with van der Waals surface area (Å²) in [6.07, 6.45) is 11.3. The summed E-state index contributed by atoms with van der Waals surface area (Å²) in [6.45, 7) is 1.86. The quantitative estimate of drug-likeness (QED) is 0.689. The summed E-state index contributed by atoms with van der Waals surface area (Å²) in [5.74, 6) is 0.879. The highest BCUT2D eigenvalue weighted by Gasteiger charge is 2.39. The predicted octanol–water partition coefficient (Wildman–Crippen LogP) is 5.25. The van der Waals surface area contributed by atoms with E-state index >= 15 is 0 Å². The highest BCUT2D eigenvalue weighted by molar-refractivity contribution is 6.33. The fourth-order valence-electron chi connectivity index (χ4n) is 4.93. The maximum Gasteiger partial charge on any atom is 0.252 e. The highest BCUT2D eigenvalue weighted by Crippen LogP contribution is 2.48. The molecule has 4 heteroatoms. The molecule has 1 amide bonds. The molecular weight excluding hydrogens is 356 g/mol. The van der Waals surface area contributed by atoms with Crippen LogP contribution >= 0.6 is 11.6 Å². The lowest BCUT2D eigenvalue weighted by atomic mass is 9.62. The molecule has 0 spiro atoms. The van der Waals surface area contributed by atoms with Gasteiger partial charge in [0.2, 0.25) is 0 Å². The number of rotatable bonds is 7. The van der Waals surface area contributed by atoms with E-state index in [9.17, 15) is 4.79 Å². The Hall–Kier alpha value is -1.06. The Balaban J connectivity index is 0.00000261. The van der Waals surface area contributed by atoms with Crippen LogP contribution in [0.4, 0.5) is 0 Å². The van der Waals surface area contributed by atoms with E-state index in [0.717, 1.165) is 31.8 Å². The molecule has 2 bridgehead atoms. The van der Waals surface area contributed by atoms with Crippen LogP contribution in [-0.4, -0.2) is 38.0 Å². The van der Waals surface area contributed by atoms with Crippen LogP contribution in [0.5, 0.6) is 0 Å². The van der Waals surface area contributed by atoms with Gasteiger partial charge >= 0.3 is 0 Å². The van der Waals surface area contributed by atoms with Crippen molar-refractivity contribution >= 4 is 17.5 Å². The zero-order valence-corrected chi connectivity index (χ0v) is 17.8. The first-order chi connectivity index (χ1) is 12.5. The van der Waals surface area contributed by atoms with E-state index < -0.39 is 0 Å². The van der Waals surface area contributed by atoms with Gasteiger partial charge in [0.15, 0.2) is 0 Å². The van der Waals surface area contributed by atoms with Crippen molar-refractivity contribution in [2.75, 3.05) is 27.2 Å². The normalized spacial score (nSPS) is 24.4. The number of halogens is 1. The van der Waals surface area contributed by atoms with Crippen LogP contribution in [0, 0.1) is 18.8 Å². The molecule has 2 aliphatic rings. The van der Waals surface area contributed by atoms with Gasteiger partial charge in [-0.15, -0.1) is 0 Å². The minimum absolute atomic E-state index is 0. The Morgan fingerprint density at radius 3 is 2.63 bits per heavy atom. The molecule has 2 fully saturated rings. The fraction of sp³-hybridized carbons (Fsp3) is 0.652. The van der Waals surface area contributed by atoms with Crippen LogP contribution in [-0.2, 0) is 6.42 Å². The second kappa shape index (κ2) is 9.93.